The minimum Gasteiger partial charge on any atom is -0.493 e. The number of carbonyl (C=O) groups excluding carboxylic acids is 1. The molecule has 32 heavy (non-hydrogen) atoms. The molecule has 2 aromatic rings. The van der Waals surface area contributed by atoms with E-state index in [1.165, 1.54) is 6.07 Å². The number of nitrogens with zero attached hydrogens (tertiary/aromatic N) is 3. The summed E-state index contributed by atoms with van der Waals surface area (Å²) >= 11 is 0. The number of rotatable bonds is 5. The number of ether oxygens (including phenoxy) is 2. The number of halogens is 3. The number of alkyl halides is 3. The highest BCUT2D eigenvalue weighted by Crippen LogP contribution is 2.33. The summed E-state index contributed by atoms with van der Waals surface area (Å²) in [5.41, 5.74) is -0.0492. The Morgan fingerprint density at radius 3 is 2.53 bits per heavy atom. The summed E-state index contributed by atoms with van der Waals surface area (Å²) in [5, 5.41) is 0. The van der Waals surface area contributed by atoms with Crippen LogP contribution in [0, 0.1) is 0 Å². The van der Waals surface area contributed by atoms with Crippen molar-refractivity contribution in [2.24, 2.45) is 12.0 Å². The van der Waals surface area contributed by atoms with Crippen LogP contribution < -0.4 is 10.2 Å². The van der Waals surface area contributed by atoms with Crippen molar-refractivity contribution in [2.75, 3.05) is 13.2 Å². The summed E-state index contributed by atoms with van der Waals surface area (Å²) in [4.78, 5) is 17.3. The van der Waals surface area contributed by atoms with Crippen LogP contribution in [-0.4, -0.2) is 34.6 Å². The van der Waals surface area contributed by atoms with Crippen molar-refractivity contribution in [1.29, 1.82) is 0 Å². The lowest BCUT2D eigenvalue weighted by Gasteiger charge is -2.21. The van der Waals surface area contributed by atoms with Crippen molar-refractivity contribution >= 4 is 5.91 Å². The van der Waals surface area contributed by atoms with Gasteiger partial charge in [0.2, 0.25) is 0 Å². The van der Waals surface area contributed by atoms with Gasteiger partial charge in [-0.05, 0) is 38.0 Å². The lowest BCUT2D eigenvalue weighted by atomic mass is 9.92. The van der Waals surface area contributed by atoms with E-state index in [9.17, 15) is 18.0 Å². The van der Waals surface area contributed by atoms with E-state index in [0.29, 0.717) is 18.6 Å². The Balaban J connectivity index is 2.11. The Hall–Kier alpha value is -2.55. The molecule has 6 nitrogen and oxygen atoms in total. The highest BCUT2D eigenvalue weighted by molar-refractivity contribution is 5.97. The third-order valence-electron chi connectivity index (χ3n) is 5.46. The molecule has 0 bridgehead atoms. The molecule has 176 valence electrons. The fourth-order valence-electron chi connectivity index (χ4n) is 3.88. The summed E-state index contributed by atoms with van der Waals surface area (Å²) in [6.45, 7) is 9.24. The minimum atomic E-state index is -4.58. The largest absolute Gasteiger partial charge is 0.493 e. The van der Waals surface area contributed by atoms with Crippen LogP contribution in [0.2, 0.25) is 0 Å². The van der Waals surface area contributed by atoms with Gasteiger partial charge in [-0.1, -0.05) is 20.8 Å². The van der Waals surface area contributed by atoms with Crippen LogP contribution in [0.15, 0.2) is 29.3 Å². The Labute approximate surface area is 185 Å². The maximum absolute atomic E-state index is 13.3. The molecular weight excluding hydrogens is 423 g/mol. The first-order chi connectivity index (χ1) is 14.9. The second-order valence-corrected chi connectivity index (χ2v) is 8.94. The Bertz CT molecular complexity index is 1040. The summed E-state index contributed by atoms with van der Waals surface area (Å²) in [7, 11) is 1.88. The summed E-state index contributed by atoms with van der Waals surface area (Å²) in [6.07, 6.45) is -2.71. The van der Waals surface area contributed by atoms with Gasteiger partial charge in [-0.2, -0.15) is 18.2 Å². The van der Waals surface area contributed by atoms with Gasteiger partial charge in [0.1, 0.15) is 5.75 Å². The first-order valence-electron chi connectivity index (χ1n) is 10.7. The lowest BCUT2D eigenvalue weighted by Crippen LogP contribution is -2.30. The Morgan fingerprint density at radius 1 is 1.25 bits per heavy atom. The first kappa shape index (κ1) is 24.1. The summed E-state index contributed by atoms with van der Waals surface area (Å²) in [5.74, 6) is -0.710. The molecule has 3 rings (SSSR count). The van der Waals surface area contributed by atoms with Crippen molar-refractivity contribution in [3.8, 4) is 5.75 Å². The third-order valence-corrected chi connectivity index (χ3v) is 5.46. The molecule has 0 N–H and O–H groups in total. The molecule has 1 fully saturated rings. The van der Waals surface area contributed by atoms with Gasteiger partial charge in [-0.25, -0.2) is 0 Å². The molecule has 1 aliphatic rings. The summed E-state index contributed by atoms with van der Waals surface area (Å²) in [6, 6.07) is 4.68. The molecule has 1 aliphatic heterocycles. The number of carbonyl (C=O) groups is 1. The zero-order chi connectivity index (χ0) is 23.7. The van der Waals surface area contributed by atoms with E-state index in [0.717, 1.165) is 30.7 Å². The van der Waals surface area contributed by atoms with Gasteiger partial charge in [-0.15, -0.1) is 0 Å². The molecule has 0 unspecified atom stereocenters. The van der Waals surface area contributed by atoms with Crippen molar-refractivity contribution in [1.82, 2.24) is 9.36 Å². The fourth-order valence-corrected chi connectivity index (χ4v) is 3.88. The molecule has 1 atom stereocenters. The number of amides is 1. The number of aromatic nitrogens is 2. The molecule has 1 aromatic heterocycles. The average Bonchev–Trinajstić information content (AvgIpc) is 3.31. The van der Waals surface area contributed by atoms with E-state index in [4.69, 9.17) is 9.47 Å². The number of hydrogen-bond acceptors (Lipinski definition) is 3. The smallest absolute Gasteiger partial charge is 0.416 e. The standard InChI is InChI=1S/C23H30F3N3O3/c1-6-31-18-10-9-15(23(24,25)26)12-17(18)21(30)27-20-13-19(22(2,3)4)28(5)29(20)14-16-8-7-11-32-16/h9-10,12-13,16H,6-8,11,14H2,1-5H3/b27-20+/t16-/m1/s1. The van der Waals surface area contributed by atoms with Crippen LogP contribution in [0.4, 0.5) is 13.2 Å². The van der Waals surface area contributed by atoms with E-state index in [2.05, 4.69) is 4.99 Å². The van der Waals surface area contributed by atoms with Crippen molar-refractivity contribution in [3.63, 3.8) is 0 Å². The van der Waals surface area contributed by atoms with Crippen LogP contribution in [0.1, 0.15) is 62.2 Å². The second kappa shape index (κ2) is 9.13. The quantitative estimate of drug-likeness (QED) is 0.672. The van der Waals surface area contributed by atoms with E-state index < -0.39 is 17.6 Å². The normalized spacial score (nSPS) is 17.8. The molecular formula is C23H30F3N3O3. The lowest BCUT2D eigenvalue weighted by molar-refractivity contribution is -0.137. The zero-order valence-electron chi connectivity index (χ0n) is 19.1. The summed E-state index contributed by atoms with van der Waals surface area (Å²) < 4.78 is 54.7. The van der Waals surface area contributed by atoms with Gasteiger partial charge in [0, 0.05) is 30.8 Å². The Kier molecular flexibility index (Phi) is 6.88. The number of hydrogen-bond donors (Lipinski definition) is 0. The van der Waals surface area contributed by atoms with Gasteiger partial charge >= 0.3 is 6.18 Å². The van der Waals surface area contributed by atoms with Crippen LogP contribution in [0.5, 0.6) is 5.75 Å². The van der Waals surface area contributed by atoms with Crippen LogP contribution in [0.3, 0.4) is 0 Å². The first-order valence-corrected chi connectivity index (χ1v) is 10.7. The fraction of sp³-hybridized carbons (Fsp3) is 0.565. The minimum absolute atomic E-state index is 0.00184. The predicted octanol–water partition coefficient (Wildman–Crippen LogP) is 4.46. The molecule has 9 heteroatoms. The topological polar surface area (TPSA) is 57.8 Å². The van der Waals surface area contributed by atoms with E-state index in [1.54, 1.807) is 13.0 Å². The highest BCUT2D eigenvalue weighted by atomic mass is 19.4. The monoisotopic (exact) mass is 453 g/mol. The van der Waals surface area contributed by atoms with Crippen molar-refractivity contribution in [2.45, 2.75) is 64.8 Å². The van der Waals surface area contributed by atoms with Crippen molar-refractivity contribution < 1.29 is 27.4 Å². The van der Waals surface area contributed by atoms with E-state index >= 15 is 0 Å². The van der Waals surface area contributed by atoms with Gasteiger partial charge in [0.15, 0.2) is 5.49 Å². The molecule has 2 heterocycles. The molecule has 1 amide bonds. The van der Waals surface area contributed by atoms with Crippen LogP contribution in [-0.2, 0) is 29.9 Å². The molecule has 0 radical (unpaired) electrons. The van der Waals surface area contributed by atoms with Crippen LogP contribution in [0.25, 0.3) is 0 Å². The van der Waals surface area contributed by atoms with Gasteiger partial charge < -0.3 is 9.47 Å². The zero-order valence-corrected chi connectivity index (χ0v) is 19.1. The average molecular weight is 454 g/mol. The van der Waals surface area contributed by atoms with E-state index in [-0.39, 0.29) is 29.4 Å². The Morgan fingerprint density at radius 2 is 1.97 bits per heavy atom. The van der Waals surface area contributed by atoms with E-state index in [1.807, 2.05) is 37.2 Å². The van der Waals surface area contributed by atoms with Crippen molar-refractivity contribution in [3.05, 3.63) is 46.6 Å². The maximum Gasteiger partial charge on any atom is 0.416 e. The van der Waals surface area contributed by atoms with Gasteiger partial charge in [0.05, 0.1) is 30.4 Å². The molecule has 0 aliphatic carbocycles. The van der Waals surface area contributed by atoms with Gasteiger partial charge in [0.25, 0.3) is 5.91 Å². The molecule has 1 aromatic carbocycles. The predicted molar refractivity (Wildman–Crippen MR) is 114 cm³/mol. The number of benzene rings is 1. The SMILES string of the molecule is CCOc1ccc(C(F)(F)F)cc1C(=O)/N=c1\cc(C(C)(C)C)n(C)n1C[C@H]1CCCO1. The third kappa shape index (κ3) is 5.26. The van der Waals surface area contributed by atoms with Gasteiger partial charge in [-0.3, -0.25) is 14.2 Å². The highest BCUT2D eigenvalue weighted by Gasteiger charge is 2.32. The molecule has 1 saturated heterocycles. The molecule has 0 saturated carbocycles. The maximum atomic E-state index is 13.3. The molecule has 0 spiro atoms. The van der Waals surface area contributed by atoms with Crippen LogP contribution >= 0.6 is 0 Å². The second-order valence-electron chi connectivity index (χ2n) is 8.94.